The Hall–Kier alpha value is -2.93. The largest absolute Gasteiger partial charge is 0.366 e. The lowest BCUT2D eigenvalue weighted by atomic mass is 9.98. The highest BCUT2D eigenvalue weighted by molar-refractivity contribution is 5.86. The van der Waals surface area contributed by atoms with Crippen molar-refractivity contribution in [3.63, 3.8) is 0 Å². The topological polar surface area (TPSA) is 61.9 Å². The van der Waals surface area contributed by atoms with Crippen molar-refractivity contribution in [3.05, 3.63) is 66.0 Å². The molecule has 0 bridgehead atoms. The van der Waals surface area contributed by atoms with E-state index in [4.69, 9.17) is 4.74 Å². The molecule has 0 aromatic heterocycles. The summed E-state index contributed by atoms with van der Waals surface area (Å²) < 4.78 is 19.6. The van der Waals surface area contributed by atoms with Gasteiger partial charge in [0.05, 0.1) is 11.7 Å². The molecule has 2 aliphatic heterocycles. The van der Waals surface area contributed by atoms with E-state index in [2.05, 4.69) is 5.32 Å². The van der Waals surface area contributed by atoms with Gasteiger partial charge in [-0.15, -0.1) is 0 Å². The van der Waals surface area contributed by atoms with Gasteiger partial charge in [-0.2, -0.15) is 0 Å². The molecule has 2 aromatic rings. The molecule has 2 fully saturated rings. The number of benzene rings is 2. The molecular formula is C21H22FN3O3. The highest BCUT2D eigenvalue weighted by atomic mass is 19.1. The van der Waals surface area contributed by atoms with Crippen molar-refractivity contribution < 1.29 is 18.7 Å². The first-order chi connectivity index (χ1) is 13.6. The van der Waals surface area contributed by atoms with Gasteiger partial charge in [-0.25, -0.2) is 4.39 Å². The number of hydrogen-bond donors (Lipinski definition) is 1. The average molecular weight is 383 g/mol. The average Bonchev–Trinajstić information content (AvgIpc) is 2.74. The van der Waals surface area contributed by atoms with Crippen molar-refractivity contribution >= 4 is 17.5 Å². The van der Waals surface area contributed by atoms with Crippen LogP contribution in [0, 0.1) is 5.82 Å². The van der Waals surface area contributed by atoms with E-state index in [1.54, 1.807) is 23.1 Å². The quantitative estimate of drug-likeness (QED) is 0.877. The Morgan fingerprint density at radius 1 is 1.00 bits per heavy atom. The van der Waals surface area contributed by atoms with Crippen LogP contribution in [-0.4, -0.2) is 55.6 Å². The van der Waals surface area contributed by atoms with E-state index in [0.29, 0.717) is 31.9 Å². The van der Waals surface area contributed by atoms with E-state index in [1.807, 2.05) is 35.2 Å². The molecule has 6 nitrogen and oxygen atoms in total. The third-order valence-corrected chi connectivity index (χ3v) is 5.20. The van der Waals surface area contributed by atoms with Gasteiger partial charge < -0.3 is 19.9 Å². The van der Waals surface area contributed by atoms with Crippen LogP contribution in [0.1, 0.15) is 11.6 Å². The zero-order valence-corrected chi connectivity index (χ0v) is 15.4. The van der Waals surface area contributed by atoms with Crippen LogP contribution in [0.3, 0.4) is 0 Å². The summed E-state index contributed by atoms with van der Waals surface area (Å²) in [4.78, 5) is 28.6. The van der Waals surface area contributed by atoms with Crippen LogP contribution in [0.15, 0.2) is 54.6 Å². The molecule has 146 valence electrons. The minimum absolute atomic E-state index is 0.130. The molecule has 1 N–H and O–H groups in total. The number of ether oxygens (including phenoxy) is 1. The predicted molar refractivity (Wildman–Crippen MR) is 102 cm³/mol. The van der Waals surface area contributed by atoms with Crippen LogP contribution in [0.5, 0.6) is 0 Å². The molecule has 2 aliphatic rings. The number of halogens is 1. The molecule has 0 saturated carbocycles. The van der Waals surface area contributed by atoms with Gasteiger partial charge in [0.15, 0.2) is 6.10 Å². The zero-order valence-electron chi connectivity index (χ0n) is 15.4. The molecule has 2 amide bonds. The number of piperazine rings is 1. The summed E-state index contributed by atoms with van der Waals surface area (Å²) in [5.41, 5.74) is 1.39. The van der Waals surface area contributed by atoms with Gasteiger partial charge in [-0.3, -0.25) is 9.59 Å². The summed E-state index contributed by atoms with van der Waals surface area (Å²) in [6.45, 7) is 1.91. The third-order valence-electron chi connectivity index (χ3n) is 5.20. The number of nitrogens with one attached hydrogen (secondary N) is 1. The van der Waals surface area contributed by atoms with Crippen molar-refractivity contribution in [1.82, 2.24) is 10.2 Å². The Kier molecular flexibility index (Phi) is 5.25. The van der Waals surface area contributed by atoms with Crippen molar-refractivity contribution in [2.75, 3.05) is 37.7 Å². The minimum atomic E-state index is -0.764. The third kappa shape index (κ3) is 3.71. The van der Waals surface area contributed by atoms with Crippen LogP contribution < -0.4 is 10.2 Å². The number of nitrogens with zero attached hydrogens (tertiary/aromatic N) is 2. The fourth-order valence-electron chi connectivity index (χ4n) is 3.74. The lowest BCUT2D eigenvalue weighted by molar-refractivity contribution is -0.155. The van der Waals surface area contributed by atoms with Gasteiger partial charge >= 0.3 is 0 Å². The van der Waals surface area contributed by atoms with Gasteiger partial charge in [-0.1, -0.05) is 42.5 Å². The normalized spacial score (nSPS) is 22.7. The van der Waals surface area contributed by atoms with Gasteiger partial charge in [0.1, 0.15) is 12.4 Å². The summed E-state index contributed by atoms with van der Waals surface area (Å²) in [5, 5.41) is 2.87. The van der Waals surface area contributed by atoms with E-state index < -0.39 is 12.1 Å². The molecule has 7 heteroatoms. The fraction of sp³-hybridized carbons (Fsp3) is 0.333. The predicted octanol–water partition coefficient (Wildman–Crippen LogP) is 1.73. The molecule has 2 atom stereocenters. The molecular weight excluding hydrogens is 361 g/mol. The Balaban J connectivity index is 1.45. The lowest BCUT2D eigenvalue weighted by Crippen LogP contribution is -2.57. The lowest BCUT2D eigenvalue weighted by Gasteiger charge is -2.40. The van der Waals surface area contributed by atoms with E-state index >= 15 is 0 Å². The summed E-state index contributed by atoms with van der Waals surface area (Å²) in [5.74, 6) is -0.644. The number of carbonyl (C=O) groups is 2. The number of para-hydroxylation sites is 1. The number of carbonyl (C=O) groups excluding carboxylic acids is 2. The van der Waals surface area contributed by atoms with Crippen LogP contribution in [0.4, 0.5) is 10.1 Å². The summed E-state index contributed by atoms with van der Waals surface area (Å²) >= 11 is 0. The first-order valence-electron chi connectivity index (χ1n) is 9.37. The Morgan fingerprint density at radius 3 is 2.39 bits per heavy atom. The SMILES string of the molecule is O=C1CO[C@H](C(=O)N2CCN(c3ccccc3F)CC2)[C@@H](c2ccccc2)N1. The highest BCUT2D eigenvalue weighted by Crippen LogP contribution is 2.25. The van der Waals surface area contributed by atoms with Crippen molar-refractivity contribution in [2.24, 2.45) is 0 Å². The fourth-order valence-corrected chi connectivity index (χ4v) is 3.74. The number of anilines is 1. The van der Waals surface area contributed by atoms with E-state index in [-0.39, 0.29) is 24.2 Å². The molecule has 28 heavy (non-hydrogen) atoms. The minimum Gasteiger partial charge on any atom is -0.366 e. The molecule has 2 aromatic carbocycles. The van der Waals surface area contributed by atoms with Crippen molar-refractivity contribution in [3.8, 4) is 0 Å². The maximum absolute atomic E-state index is 14.0. The molecule has 0 spiro atoms. The van der Waals surface area contributed by atoms with Crippen molar-refractivity contribution in [1.29, 1.82) is 0 Å². The Labute approximate surface area is 162 Å². The first-order valence-corrected chi connectivity index (χ1v) is 9.37. The highest BCUT2D eigenvalue weighted by Gasteiger charge is 2.39. The van der Waals surface area contributed by atoms with Crippen LogP contribution in [0.2, 0.25) is 0 Å². The number of amides is 2. The van der Waals surface area contributed by atoms with Gasteiger partial charge in [0.25, 0.3) is 5.91 Å². The van der Waals surface area contributed by atoms with Crippen LogP contribution >= 0.6 is 0 Å². The standard InChI is InChI=1S/C21H22FN3O3/c22-16-8-4-5-9-17(16)24-10-12-25(13-11-24)21(27)20-19(23-18(26)14-28-20)15-6-2-1-3-7-15/h1-9,19-20H,10-14H2,(H,23,26)/t19-,20+/m1/s1. The molecule has 2 saturated heterocycles. The van der Waals surface area contributed by atoms with Crippen LogP contribution in [-0.2, 0) is 14.3 Å². The maximum Gasteiger partial charge on any atom is 0.254 e. The number of hydrogen-bond acceptors (Lipinski definition) is 4. The van der Waals surface area contributed by atoms with Gasteiger partial charge in [-0.05, 0) is 17.7 Å². The smallest absolute Gasteiger partial charge is 0.254 e. The van der Waals surface area contributed by atoms with E-state index in [0.717, 1.165) is 5.56 Å². The number of morpholine rings is 1. The first kappa shape index (κ1) is 18.4. The van der Waals surface area contributed by atoms with Gasteiger partial charge in [0, 0.05) is 26.2 Å². The Bertz CT molecular complexity index is 853. The van der Waals surface area contributed by atoms with Gasteiger partial charge in [0.2, 0.25) is 5.91 Å². The van der Waals surface area contributed by atoms with Crippen molar-refractivity contribution in [2.45, 2.75) is 12.1 Å². The Morgan fingerprint density at radius 2 is 1.68 bits per heavy atom. The monoisotopic (exact) mass is 383 g/mol. The molecule has 0 radical (unpaired) electrons. The second kappa shape index (κ2) is 7.98. The summed E-state index contributed by atoms with van der Waals surface area (Å²) in [6.07, 6.45) is -0.764. The second-order valence-electron chi connectivity index (χ2n) is 6.95. The second-order valence-corrected chi connectivity index (χ2v) is 6.95. The van der Waals surface area contributed by atoms with Crippen LogP contribution in [0.25, 0.3) is 0 Å². The molecule has 0 aliphatic carbocycles. The summed E-state index contributed by atoms with van der Waals surface area (Å²) in [6, 6.07) is 15.5. The zero-order chi connectivity index (χ0) is 19.5. The molecule has 0 unspecified atom stereocenters. The molecule has 4 rings (SSSR count). The van der Waals surface area contributed by atoms with E-state index in [9.17, 15) is 14.0 Å². The summed E-state index contributed by atoms with van der Waals surface area (Å²) in [7, 11) is 0. The maximum atomic E-state index is 14.0. The van der Waals surface area contributed by atoms with E-state index in [1.165, 1.54) is 6.07 Å². The number of rotatable bonds is 3. The molecule has 2 heterocycles.